The summed E-state index contributed by atoms with van der Waals surface area (Å²) < 4.78 is 16.4. The predicted octanol–water partition coefficient (Wildman–Crippen LogP) is 3.88. The summed E-state index contributed by atoms with van der Waals surface area (Å²) in [6.07, 6.45) is 2.72. The average molecular weight is 426 g/mol. The van der Waals surface area contributed by atoms with Crippen LogP contribution in [-0.4, -0.2) is 50.2 Å². The highest BCUT2D eigenvalue weighted by Gasteiger charge is 2.43. The summed E-state index contributed by atoms with van der Waals surface area (Å²) in [7, 11) is 1.57. The molecule has 1 fully saturated rings. The van der Waals surface area contributed by atoms with Crippen molar-refractivity contribution in [3.63, 3.8) is 0 Å². The third kappa shape index (κ3) is 5.78. The second-order valence-corrected chi connectivity index (χ2v) is 7.81. The van der Waals surface area contributed by atoms with Gasteiger partial charge in [0.2, 0.25) is 0 Å². The summed E-state index contributed by atoms with van der Waals surface area (Å²) in [5, 5.41) is 0. The SMILES string of the molecule is CCOC(=O)C1(CCc2ccccc2)CCN(C(=O)COc2ccccc2OC)CC1. The summed E-state index contributed by atoms with van der Waals surface area (Å²) in [4.78, 5) is 27.3. The Morgan fingerprint density at radius 3 is 2.26 bits per heavy atom. The molecule has 2 aromatic rings. The van der Waals surface area contributed by atoms with Crippen molar-refractivity contribution in [3.8, 4) is 11.5 Å². The van der Waals surface area contributed by atoms with Crippen LogP contribution in [-0.2, 0) is 20.7 Å². The number of carbonyl (C=O) groups is 2. The number of amides is 1. The van der Waals surface area contributed by atoms with Gasteiger partial charge >= 0.3 is 5.97 Å². The molecule has 0 bridgehead atoms. The number of likely N-dealkylation sites (tertiary alicyclic amines) is 1. The first-order chi connectivity index (χ1) is 15.1. The van der Waals surface area contributed by atoms with Crippen LogP contribution in [0.4, 0.5) is 0 Å². The maximum absolute atomic E-state index is 12.8. The smallest absolute Gasteiger partial charge is 0.312 e. The maximum atomic E-state index is 12.8. The Balaban J connectivity index is 1.59. The molecule has 1 aliphatic heterocycles. The average Bonchev–Trinajstić information content (AvgIpc) is 2.82. The number of para-hydroxylation sites is 2. The van der Waals surface area contributed by atoms with Crippen molar-refractivity contribution in [2.45, 2.75) is 32.6 Å². The normalized spacial score (nSPS) is 15.2. The largest absolute Gasteiger partial charge is 0.493 e. The van der Waals surface area contributed by atoms with Crippen molar-refractivity contribution in [3.05, 3.63) is 60.2 Å². The monoisotopic (exact) mass is 425 g/mol. The van der Waals surface area contributed by atoms with Gasteiger partial charge in [-0.15, -0.1) is 0 Å². The second-order valence-electron chi connectivity index (χ2n) is 7.81. The molecule has 0 unspecified atom stereocenters. The van der Waals surface area contributed by atoms with Gasteiger partial charge in [0.05, 0.1) is 19.1 Å². The van der Waals surface area contributed by atoms with E-state index in [-0.39, 0.29) is 18.5 Å². The van der Waals surface area contributed by atoms with E-state index in [0.717, 1.165) is 12.8 Å². The fourth-order valence-electron chi connectivity index (χ4n) is 4.02. The molecule has 0 spiro atoms. The molecule has 2 aromatic carbocycles. The molecule has 31 heavy (non-hydrogen) atoms. The van der Waals surface area contributed by atoms with Gasteiger partial charge < -0.3 is 19.1 Å². The lowest BCUT2D eigenvalue weighted by atomic mass is 9.74. The highest BCUT2D eigenvalue weighted by Crippen LogP contribution is 2.38. The summed E-state index contributed by atoms with van der Waals surface area (Å²) in [5.74, 6) is 0.894. The van der Waals surface area contributed by atoms with Crippen LogP contribution in [0.5, 0.6) is 11.5 Å². The van der Waals surface area contributed by atoms with Crippen molar-refractivity contribution in [2.75, 3.05) is 33.4 Å². The summed E-state index contributed by atoms with van der Waals surface area (Å²) in [5.41, 5.74) is 0.654. The number of rotatable bonds is 9. The Kier molecular flexibility index (Phi) is 7.93. The molecular formula is C25H31NO5. The van der Waals surface area contributed by atoms with Crippen LogP contribution in [0.3, 0.4) is 0 Å². The van der Waals surface area contributed by atoms with Crippen molar-refractivity contribution >= 4 is 11.9 Å². The molecule has 1 heterocycles. The van der Waals surface area contributed by atoms with Crippen molar-refractivity contribution in [2.24, 2.45) is 5.41 Å². The number of nitrogens with zero attached hydrogens (tertiary/aromatic N) is 1. The topological polar surface area (TPSA) is 65.1 Å². The Morgan fingerprint density at radius 1 is 0.968 bits per heavy atom. The highest BCUT2D eigenvalue weighted by molar-refractivity contribution is 5.80. The van der Waals surface area contributed by atoms with Gasteiger partial charge in [-0.2, -0.15) is 0 Å². The van der Waals surface area contributed by atoms with Crippen molar-refractivity contribution in [1.82, 2.24) is 4.90 Å². The Hall–Kier alpha value is -3.02. The zero-order valence-electron chi connectivity index (χ0n) is 18.3. The van der Waals surface area contributed by atoms with Crippen molar-refractivity contribution in [1.29, 1.82) is 0 Å². The molecule has 1 aliphatic rings. The molecule has 0 atom stereocenters. The Labute approximate surface area is 184 Å². The molecule has 6 nitrogen and oxygen atoms in total. The van der Waals surface area contributed by atoms with Gasteiger partial charge in [0.15, 0.2) is 18.1 Å². The summed E-state index contributed by atoms with van der Waals surface area (Å²) in [6, 6.07) is 17.4. The van der Waals surface area contributed by atoms with Gasteiger partial charge in [0.1, 0.15) is 0 Å². The minimum Gasteiger partial charge on any atom is -0.493 e. The van der Waals surface area contributed by atoms with Crippen LogP contribution in [0.15, 0.2) is 54.6 Å². The zero-order valence-corrected chi connectivity index (χ0v) is 18.3. The fourth-order valence-corrected chi connectivity index (χ4v) is 4.02. The zero-order chi connectivity index (χ0) is 22.1. The Morgan fingerprint density at radius 2 is 1.61 bits per heavy atom. The molecule has 0 saturated carbocycles. The predicted molar refractivity (Wildman–Crippen MR) is 118 cm³/mol. The van der Waals surface area contributed by atoms with Crippen LogP contribution in [0.1, 0.15) is 31.7 Å². The minimum absolute atomic E-state index is 0.0587. The lowest BCUT2D eigenvalue weighted by molar-refractivity contribution is -0.161. The number of methoxy groups -OCH3 is 1. The van der Waals surface area contributed by atoms with Gasteiger partial charge in [-0.1, -0.05) is 42.5 Å². The first kappa shape index (κ1) is 22.7. The van der Waals surface area contributed by atoms with Crippen LogP contribution in [0, 0.1) is 5.41 Å². The number of benzene rings is 2. The first-order valence-electron chi connectivity index (χ1n) is 10.8. The molecule has 166 valence electrons. The van der Waals surface area contributed by atoms with E-state index in [2.05, 4.69) is 12.1 Å². The number of hydrogen-bond donors (Lipinski definition) is 0. The molecule has 3 rings (SSSR count). The number of hydrogen-bond acceptors (Lipinski definition) is 5. The molecule has 6 heteroatoms. The molecule has 0 N–H and O–H groups in total. The van der Waals surface area contributed by atoms with E-state index in [4.69, 9.17) is 14.2 Å². The van der Waals surface area contributed by atoms with Crippen LogP contribution in [0.2, 0.25) is 0 Å². The van der Waals surface area contributed by atoms with Crippen molar-refractivity contribution < 1.29 is 23.8 Å². The van der Waals surface area contributed by atoms with E-state index in [9.17, 15) is 9.59 Å². The van der Waals surface area contributed by atoms with Gasteiger partial charge in [0, 0.05) is 13.1 Å². The van der Waals surface area contributed by atoms with Gasteiger partial charge in [-0.3, -0.25) is 9.59 Å². The molecule has 1 saturated heterocycles. The van der Waals surface area contributed by atoms with E-state index in [1.807, 2.05) is 37.3 Å². The number of esters is 1. The molecule has 0 aliphatic carbocycles. The van der Waals surface area contributed by atoms with E-state index in [1.54, 1.807) is 24.1 Å². The number of piperidine rings is 1. The lowest BCUT2D eigenvalue weighted by Crippen LogP contribution is -2.48. The van der Waals surface area contributed by atoms with Gasteiger partial charge in [-0.25, -0.2) is 0 Å². The van der Waals surface area contributed by atoms with Gasteiger partial charge in [-0.05, 0) is 50.3 Å². The fraction of sp³-hybridized carbons (Fsp3) is 0.440. The molecule has 0 aromatic heterocycles. The van der Waals surface area contributed by atoms with E-state index >= 15 is 0 Å². The highest BCUT2D eigenvalue weighted by atomic mass is 16.5. The number of ether oxygens (including phenoxy) is 3. The third-order valence-electron chi connectivity index (χ3n) is 5.94. The second kappa shape index (κ2) is 10.8. The van der Waals surface area contributed by atoms with E-state index < -0.39 is 5.41 Å². The first-order valence-corrected chi connectivity index (χ1v) is 10.8. The van der Waals surface area contributed by atoms with E-state index in [0.29, 0.717) is 44.0 Å². The standard InChI is InChI=1S/C25H31NO5/c1-3-30-24(28)25(14-13-20-9-5-4-6-10-20)15-17-26(18-16-25)23(27)19-31-22-12-8-7-11-21(22)29-2/h4-12H,3,13-19H2,1-2H3. The summed E-state index contributed by atoms with van der Waals surface area (Å²) >= 11 is 0. The van der Waals surface area contributed by atoms with Gasteiger partial charge in [0.25, 0.3) is 5.91 Å². The van der Waals surface area contributed by atoms with E-state index in [1.165, 1.54) is 5.56 Å². The van der Waals surface area contributed by atoms with Crippen LogP contribution < -0.4 is 9.47 Å². The number of aryl methyl sites for hydroxylation is 1. The number of carbonyl (C=O) groups excluding carboxylic acids is 2. The van der Waals surface area contributed by atoms with Crippen LogP contribution >= 0.6 is 0 Å². The molecule has 1 amide bonds. The lowest BCUT2D eigenvalue weighted by Gasteiger charge is -2.40. The summed E-state index contributed by atoms with van der Waals surface area (Å²) in [6.45, 7) is 3.16. The third-order valence-corrected chi connectivity index (χ3v) is 5.94. The maximum Gasteiger partial charge on any atom is 0.312 e. The molecular weight excluding hydrogens is 394 g/mol. The van der Waals surface area contributed by atoms with Crippen LogP contribution in [0.25, 0.3) is 0 Å². The minimum atomic E-state index is -0.549. The Bertz CT molecular complexity index is 859. The quantitative estimate of drug-likeness (QED) is 0.571. The molecule has 0 radical (unpaired) electrons.